The summed E-state index contributed by atoms with van der Waals surface area (Å²) in [5.74, 6) is 0.173. The Morgan fingerprint density at radius 3 is 2.15 bits per heavy atom. The van der Waals surface area contributed by atoms with Crippen molar-refractivity contribution in [2.24, 2.45) is 0 Å². The molecule has 0 aliphatic carbocycles. The van der Waals surface area contributed by atoms with Crippen molar-refractivity contribution in [3.8, 4) is 0 Å². The first-order valence-corrected chi connectivity index (χ1v) is 4.54. The van der Waals surface area contributed by atoms with Crippen molar-refractivity contribution in [3.63, 3.8) is 0 Å². The molecule has 0 radical (unpaired) electrons. The number of amides is 1. The molecule has 2 rings (SSSR count). The molecule has 68 valence electrons. The lowest BCUT2D eigenvalue weighted by molar-refractivity contribution is 0.0885. The molecule has 0 N–H and O–H groups in total. The van der Waals surface area contributed by atoms with Crippen LogP contribution in [0.5, 0.6) is 0 Å². The number of aryl methyl sites for hydroxylation is 2. The minimum Gasteiger partial charge on any atom is -0.335 e. The molecule has 2 heteroatoms. The van der Waals surface area contributed by atoms with Crippen molar-refractivity contribution >= 4 is 5.91 Å². The van der Waals surface area contributed by atoms with Crippen LogP contribution in [0.4, 0.5) is 0 Å². The van der Waals surface area contributed by atoms with E-state index in [0.29, 0.717) is 0 Å². The second kappa shape index (κ2) is 2.87. The summed E-state index contributed by atoms with van der Waals surface area (Å²) in [6.45, 7) is 5.88. The van der Waals surface area contributed by atoms with Gasteiger partial charge in [-0.15, -0.1) is 0 Å². The fraction of sp³-hybridized carbons (Fsp3) is 0.364. The summed E-state index contributed by atoms with van der Waals surface area (Å²) < 4.78 is 0. The Hall–Kier alpha value is -1.31. The van der Waals surface area contributed by atoms with Gasteiger partial charge in [-0.2, -0.15) is 0 Å². The van der Waals surface area contributed by atoms with Gasteiger partial charge in [-0.25, -0.2) is 0 Å². The highest BCUT2D eigenvalue weighted by atomic mass is 16.2. The van der Waals surface area contributed by atoms with E-state index in [1.54, 1.807) is 0 Å². The highest BCUT2D eigenvalue weighted by Gasteiger charge is 2.25. The number of nitrogens with zero attached hydrogens (tertiary/aromatic N) is 1. The van der Waals surface area contributed by atoms with Gasteiger partial charge in [0.2, 0.25) is 0 Å². The van der Waals surface area contributed by atoms with Crippen LogP contribution in [0.1, 0.15) is 21.5 Å². The van der Waals surface area contributed by atoms with Gasteiger partial charge < -0.3 is 4.90 Å². The number of carbonyl (C=O) groups excluding carboxylic acids is 1. The maximum absolute atomic E-state index is 11.6. The van der Waals surface area contributed by atoms with E-state index in [0.717, 1.165) is 29.8 Å². The molecule has 0 unspecified atom stereocenters. The van der Waals surface area contributed by atoms with E-state index in [2.05, 4.69) is 6.07 Å². The van der Waals surface area contributed by atoms with Crippen LogP contribution in [-0.4, -0.2) is 23.9 Å². The van der Waals surface area contributed by atoms with Crippen LogP contribution in [0.15, 0.2) is 18.2 Å². The lowest BCUT2D eigenvalue weighted by atomic mass is 10.1. The molecule has 0 bridgehead atoms. The lowest BCUT2D eigenvalue weighted by Crippen LogP contribution is -2.10. The molecule has 1 saturated heterocycles. The molecule has 1 aromatic carbocycles. The molecule has 1 fully saturated rings. The first-order valence-electron chi connectivity index (χ1n) is 4.54. The first kappa shape index (κ1) is 8.30. The maximum atomic E-state index is 11.6. The Morgan fingerprint density at radius 2 is 1.69 bits per heavy atom. The molecule has 13 heavy (non-hydrogen) atoms. The molecule has 0 aromatic heterocycles. The number of carbonyl (C=O) groups is 1. The van der Waals surface area contributed by atoms with Crippen molar-refractivity contribution in [1.29, 1.82) is 0 Å². The average molecular weight is 175 g/mol. The molecule has 2 nitrogen and oxygen atoms in total. The summed E-state index contributed by atoms with van der Waals surface area (Å²) in [7, 11) is 0. The third kappa shape index (κ3) is 1.72. The highest BCUT2D eigenvalue weighted by Crippen LogP contribution is 2.15. The number of benzene rings is 1. The SMILES string of the molecule is Cc1cc(C)cc(C(=O)N2CC2)c1. The first-order chi connectivity index (χ1) is 6.16. The van der Waals surface area contributed by atoms with Crippen LogP contribution in [0.3, 0.4) is 0 Å². The third-order valence-corrected chi connectivity index (χ3v) is 2.20. The van der Waals surface area contributed by atoms with Gasteiger partial charge in [-0.1, -0.05) is 17.2 Å². The van der Waals surface area contributed by atoms with Crippen LogP contribution in [0.25, 0.3) is 0 Å². The molecule has 0 spiro atoms. The van der Waals surface area contributed by atoms with Crippen LogP contribution < -0.4 is 0 Å². The summed E-state index contributed by atoms with van der Waals surface area (Å²) in [5.41, 5.74) is 3.14. The second-order valence-corrected chi connectivity index (χ2v) is 3.67. The Kier molecular flexibility index (Phi) is 1.83. The smallest absolute Gasteiger partial charge is 0.253 e. The van der Waals surface area contributed by atoms with Crippen molar-refractivity contribution in [2.75, 3.05) is 13.1 Å². The van der Waals surface area contributed by atoms with Crippen LogP contribution in [0.2, 0.25) is 0 Å². The van der Waals surface area contributed by atoms with Crippen molar-refractivity contribution in [1.82, 2.24) is 4.90 Å². The minimum absolute atomic E-state index is 0.173. The zero-order valence-corrected chi connectivity index (χ0v) is 8.00. The standard InChI is InChI=1S/C11H13NO/c1-8-5-9(2)7-10(6-8)11(13)12-3-4-12/h5-7H,3-4H2,1-2H3. The summed E-state index contributed by atoms with van der Waals surface area (Å²) in [5, 5.41) is 0. The van der Waals surface area contributed by atoms with E-state index >= 15 is 0 Å². The van der Waals surface area contributed by atoms with Crippen LogP contribution in [0, 0.1) is 13.8 Å². The normalized spacial score (nSPS) is 14.5. The Bertz CT molecular complexity index is 333. The summed E-state index contributed by atoms with van der Waals surface area (Å²) in [6.07, 6.45) is 0. The summed E-state index contributed by atoms with van der Waals surface area (Å²) >= 11 is 0. The molecule has 1 heterocycles. The number of hydrogen-bond donors (Lipinski definition) is 0. The zero-order chi connectivity index (χ0) is 9.42. The monoisotopic (exact) mass is 175 g/mol. The van der Waals surface area contributed by atoms with E-state index in [1.165, 1.54) is 0 Å². The van der Waals surface area contributed by atoms with E-state index in [9.17, 15) is 4.79 Å². The molecular weight excluding hydrogens is 162 g/mol. The Balaban J connectivity index is 2.33. The number of hydrogen-bond acceptors (Lipinski definition) is 1. The van der Waals surface area contributed by atoms with Gasteiger partial charge >= 0.3 is 0 Å². The molecular formula is C11H13NO. The summed E-state index contributed by atoms with van der Waals surface area (Å²) in [4.78, 5) is 13.5. The van der Waals surface area contributed by atoms with Crippen molar-refractivity contribution in [2.45, 2.75) is 13.8 Å². The topological polar surface area (TPSA) is 20.1 Å². The van der Waals surface area contributed by atoms with Gasteiger partial charge in [0.1, 0.15) is 0 Å². The van der Waals surface area contributed by atoms with Gasteiger partial charge in [-0.3, -0.25) is 4.79 Å². The molecule has 0 atom stereocenters. The van der Waals surface area contributed by atoms with Crippen LogP contribution >= 0.6 is 0 Å². The predicted octanol–water partition coefficient (Wildman–Crippen LogP) is 1.76. The number of rotatable bonds is 1. The molecule has 0 saturated carbocycles. The average Bonchev–Trinajstić information content (AvgIpc) is 2.83. The van der Waals surface area contributed by atoms with Gasteiger partial charge in [0.05, 0.1) is 0 Å². The van der Waals surface area contributed by atoms with Gasteiger partial charge in [0.25, 0.3) is 5.91 Å². The molecule has 1 amide bonds. The van der Waals surface area contributed by atoms with Crippen LogP contribution in [-0.2, 0) is 0 Å². The minimum atomic E-state index is 0.173. The Morgan fingerprint density at radius 1 is 1.15 bits per heavy atom. The van der Waals surface area contributed by atoms with Crippen molar-refractivity contribution in [3.05, 3.63) is 34.9 Å². The van der Waals surface area contributed by atoms with Gasteiger partial charge in [0.15, 0.2) is 0 Å². The van der Waals surface area contributed by atoms with Gasteiger partial charge in [-0.05, 0) is 26.0 Å². The predicted molar refractivity (Wildman–Crippen MR) is 51.8 cm³/mol. The largest absolute Gasteiger partial charge is 0.335 e. The zero-order valence-electron chi connectivity index (χ0n) is 8.00. The second-order valence-electron chi connectivity index (χ2n) is 3.67. The highest BCUT2D eigenvalue weighted by molar-refractivity contribution is 5.95. The third-order valence-electron chi connectivity index (χ3n) is 2.20. The fourth-order valence-electron chi connectivity index (χ4n) is 1.53. The van der Waals surface area contributed by atoms with Gasteiger partial charge in [0, 0.05) is 18.7 Å². The molecule has 1 aliphatic rings. The quantitative estimate of drug-likeness (QED) is 0.595. The Labute approximate surface area is 78.2 Å². The maximum Gasteiger partial charge on any atom is 0.253 e. The van der Waals surface area contributed by atoms with E-state index < -0.39 is 0 Å². The molecule has 1 aliphatic heterocycles. The van der Waals surface area contributed by atoms with E-state index in [-0.39, 0.29) is 5.91 Å². The summed E-state index contributed by atoms with van der Waals surface area (Å²) in [6, 6.07) is 5.99. The molecule has 1 aromatic rings. The lowest BCUT2D eigenvalue weighted by Gasteiger charge is -2.04. The van der Waals surface area contributed by atoms with E-state index in [4.69, 9.17) is 0 Å². The van der Waals surface area contributed by atoms with Crippen molar-refractivity contribution < 1.29 is 4.79 Å². The fourth-order valence-corrected chi connectivity index (χ4v) is 1.53. The van der Waals surface area contributed by atoms with E-state index in [1.807, 2.05) is 30.9 Å².